The molecule has 2 aromatic carbocycles. The predicted octanol–water partition coefficient (Wildman–Crippen LogP) is 5.75. The molecule has 0 spiro atoms. The molecule has 0 aliphatic carbocycles. The number of para-hydroxylation sites is 2. The molecule has 13 nitrogen and oxygen atoms in total. The summed E-state index contributed by atoms with van der Waals surface area (Å²) in [6.45, 7) is 16.8. The number of ether oxygens (including phenoxy) is 8. The van der Waals surface area contributed by atoms with E-state index in [1.807, 2.05) is 90.1 Å². The fraction of sp³-hybridized carbons (Fsp3) is 0.667. The molecule has 1 atom stereocenters. The molecule has 0 radical (unpaired) electrons. The number of unbranched alkanes of at least 4 members (excludes halogenated alkanes) is 1. The maximum atomic E-state index is 11.9. The second-order valence-corrected chi connectivity index (χ2v) is 14.6. The van der Waals surface area contributed by atoms with E-state index in [0.29, 0.717) is 64.1 Å². The average Bonchev–Trinajstić information content (AvgIpc) is 3.15. The Morgan fingerprint density at radius 1 is 0.655 bits per heavy atom. The van der Waals surface area contributed by atoms with Crippen molar-refractivity contribution < 1.29 is 47.5 Å². The van der Waals surface area contributed by atoms with Crippen LogP contribution in [-0.4, -0.2) is 134 Å². The molecule has 0 saturated carbocycles. The summed E-state index contributed by atoms with van der Waals surface area (Å²) in [6, 6.07) is 15.4. The lowest BCUT2D eigenvalue weighted by molar-refractivity contribution is -0.111. The second-order valence-electron chi connectivity index (χ2n) is 14.6. The number of hydrogen-bond acceptors (Lipinski definition) is 13. The van der Waals surface area contributed by atoms with Crippen LogP contribution < -0.4 is 15.2 Å². The summed E-state index contributed by atoms with van der Waals surface area (Å²) in [5, 5.41) is 0. The van der Waals surface area contributed by atoms with Gasteiger partial charge in [-0.1, -0.05) is 42.8 Å². The van der Waals surface area contributed by atoms with E-state index >= 15 is 0 Å². The van der Waals surface area contributed by atoms with Crippen LogP contribution in [0.15, 0.2) is 48.5 Å². The molecular weight excluding hydrogens is 706 g/mol. The van der Waals surface area contributed by atoms with Crippen LogP contribution in [0.3, 0.4) is 0 Å². The molecule has 13 heteroatoms. The monoisotopic (exact) mass is 780 g/mol. The largest absolute Gasteiger partial charge is 0.467 e. The summed E-state index contributed by atoms with van der Waals surface area (Å²) in [4.78, 5) is 27.9. The number of nitrogens with zero attached hydrogens (tertiary/aromatic N) is 2. The van der Waals surface area contributed by atoms with E-state index in [2.05, 4.69) is 9.80 Å². The predicted molar refractivity (Wildman–Crippen MR) is 218 cm³/mol. The lowest BCUT2D eigenvalue weighted by atomic mass is 10.0. The number of benzene rings is 2. The number of hydrogen-bond donors (Lipinski definition) is 1. The van der Waals surface area contributed by atoms with Gasteiger partial charge in [0.05, 0.1) is 50.7 Å². The third-order valence-corrected chi connectivity index (χ3v) is 8.02. The molecule has 2 rings (SSSR count). The van der Waals surface area contributed by atoms with Crippen molar-refractivity contribution in [1.29, 1.82) is 0 Å². The smallest absolute Gasteiger partial charge is 0.189 e. The van der Waals surface area contributed by atoms with Crippen molar-refractivity contribution >= 4 is 12.6 Å². The first-order valence-electron chi connectivity index (χ1n) is 19.0. The third-order valence-electron chi connectivity index (χ3n) is 8.02. The Morgan fingerprint density at radius 2 is 1.11 bits per heavy atom. The van der Waals surface area contributed by atoms with E-state index in [1.165, 1.54) is 0 Å². The molecule has 0 amide bonds. The van der Waals surface area contributed by atoms with Crippen LogP contribution in [0.5, 0.6) is 11.5 Å². The highest BCUT2D eigenvalue weighted by atomic mass is 16.7. The first-order chi connectivity index (χ1) is 26.3. The van der Waals surface area contributed by atoms with Gasteiger partial charge in [-0.2, -0.15) is 0 Å². The quantitative estimate of drug-likeness (QED) is 0.0670. The lowest BCUT2D eigenvalue weighted by Crippen LogP contribution is -2.45. The summed E-state index contributed by atoms with van der Waals surface area (Å²) in [6.07, 6.45) is 4.41. The lowest BCUT2D eigenvalue weighted by Gasteiger charge is -2.35. The van der Waals surface area contributed by atoms with Crippen molar-refractivity contribution in [3.05, 3.63) is 59.7 Å². The van der Waals surface area contributed by atoms with Gasteiger partial charge in [0.25, 0.3) is 0 Å². The molecule has 55 heavy (non-hydrogen) atoms. The molecule has 0 bridgehead atoms. The molecule has 316 valence electrons. The third kappa shape index (κ3) is 28.1. The standard InChI is InChI=1S/C32H49N3O8.2C5H12O/c1-38-19-21-40-26-42-31-12-5-3-9-28(31)23-34(15-17-36)25-30(11-7-8-14-33)35(16-18-37)24-29-10-4-6-13-32(29)43-27-41-22-20-39-2;2*1-5(2,3)6-4/h3-6,9-10,12-13,17-18,30H,7-8,11,14-16,19-27,33H2,1-2H3;2*1-4H3/t30-;;/m0../s1. The first kappa shape index (κ1) is 52.0. The van der Waals surface area contributed by atoms with Crippen molar-refractivity contribution in [2.45, 2.75) is 91.1 Å². The van der Waals surface area contributed by atoms with Crippen LogP contribution in [0.1, 0.15) is 71.9 Å². The highest BCUT2D eigenvalue weighted by molar-refractivity contribution is 5.53. The van der Waals surface area contributed by atoms with Gasteiger partial charge in [0.1, 0.15) is 24.1 Å². The number of carbonyl (C=O) groups is 2. The van der Waals surface area contributed by atoms with Gasteiger partial charge in [-0.15, -0.1) is 0 Å². The van der Waals surface area contributed by atoms with Crippen molar-refractivity contribution in [3.8, 4) is 11.5 Å². The van der Waals surface area contributed by atoms with Gasteiger partial charge in [0.15, 0.2) is 13.6 Å². The molecule has 2 aromatic rings. The Morgan fingerprint density at radius 3 is 1.53 bits per heavy atom. The summed E-state index contributed by atoms with van der Waals surface area (Å²) in [5.41, 5.74) is 7.78. The minimum atomic E-state index is -0.0202. The number of carbonyl (C=O) groups excluding carboxylic acids is 2. The van der Waals surface area contributed by atoms with Crippen LogP contribution in [0, 0.1) is 0 Å². The van der Waals surface area contributed by atoms with Crippen molar-refractivity contribution in [3.63, 3.8) is 0 Å². The van der Waals surface area contributed by atoms with Crippen molar-refractivity contribution in [2.75, 3.05) is 94.6 Å². The SMILES string of the molecule is COC(C)(C)C.COC(C)(C)C.COCCOCOc1ccccc1CN(CC=O)C[C@H](CCCCN)N(CC=O)Cc1ccccc1OCOCCOC. The molecule has 0 unspecified atom stereocenters. The van der Waals surface area contributed by atoms with E-state index in [0.717, 1.165) is 43.0 Å². The topological polar surface area (TPSA) is 140 Å². The summed E-state index contributed by atoms with van der Waals surface area (Å²) >= 11 is 0. The summed E-state index contributed by atoms with van der Waals surface area (Å²) in [5.74, 6) is 1.39. The van der Waals surface area contributed by atoms with E-state index in [4.69, 9.17) is 43.6 Å². The highest BCUT2D eigenvalue weighted by Gasteiger charge is 2.23. The van der Waals surface area contributed by atoms with Gasteiger partial charge in [-0.05, 0) is 73.1 Å². The van der Waals surface area contributed by atoms with Gasteiger partial charge in [0, 0.05) is 65.2 Å². The zero-order valence-electron chi connectivity index (χ0n) is 35.5. The molecular formula is C42H73N3O10. The van der Waals surface area contributed by atoms with Crippen LogP contribution in [0.4, 0.5) is 0 Å². The summed E-state index contributed by atoms with van der Waals surface area (Å²) < 4.78 is 42.7. The molecule has 0 aliphatic rings. The number of aldehydes is 2. The Kier molecular flexibility index (Phi) is 30.4. The Bertz CT molecular complexity index is 1210. The zero-order valence-corrected chi connectivity index (χ0v) is 35.5. The minimum Gasteiger partial charge on any atom is -0.467 e. The highest BCUT2D eigenvalue weighted by Crippen LogP contribution is 2.24. The number of methoxy groups -OCH3 is 4. The van der Waals surface area contributed by atoms with Crippen LogP contribution in [-0.2, 0) is 51.1 Å². The Balaban J connectivity index is 0.00000209. The van der Waals surface area contributed by atoms with Gasteiger partial charge >= 0.3 is 0 Å². The Labute approximate surface area is 332 Å². The van der Waals surface area contributed by atoms with Crippen molar-refractivity contribution in [1.82, 2.24) is 9.80 Å². The van der Waals surface area contributed by atoms with Gasteiger partial charge in [-0.3, -0.25) is 9.80 Å². The maximum Gasteiger partial charge on any atom is 0.189 e. The van der Waals surface area contributed by atoms with Crippen LogP contribution in [0.25, 0.3) is 0 Å². The molecule has 0 saturated heterocycles. The summed E-state index contributed by atoms with van der Waals surface area (Å²) in [7, 11) is 6.66. The minimum absolute atomic E-state index is 0.0202. The molecule has 0 fully saturated rings. The number of nitrogens with two attached hydrogens (primary N) is 1. The number of rotatable bonds is 27. The van der Waals surface area contributed by atoms with E-state index in [9.17, 15) is 9.59 Å². The van der Waals surface area contributed by atoms with Gasteiger partial charge in [-0.25, -0.2) is 0 Å². The molecule has 2 N–H and O–H groups in total. The second kappa shape index (κ2) is 32.1. The average molecular weight is 780 g/mol. The zero-order chi connectivity index (χ0) is 41.4. The van der Waals surface area contributed by atoms with Crippen LogP contribution >= 0.6 is 0 Å². The maximum absolute atomic E-state index is 11.9. The van der Waals surface area contributed by atoms with E-state index in [1.54, 1.807) is 28.4 Å². The van der Waals surface area contributed by atoms with Crippen LogP contribution in [0.2, 0.25) is 0 Å². The van der Waals surface area contributed by atoms with Gasteiger partial charge in [0.2, 0.25) is 0 Å². The Hall–Kier alpha value is -2.98. The van der Waals surface area contributed by atoms with E-state index < -0.39 is 0 Å². The fourth-order valence-electron chi connectivity index (χ4n) is 4.58. The van der Waals surface area contributed by atoms with E-state index in [-0.39, 0.29) is 43.9 Å². The molecule has 0 aromatic heterocycles. The first-order valence-corrected chi connectivity index (χ1v) is 19.0. The molecule has 0 aliphatic heterocycles. The normalized spacial score (nSPS) is 12.0. The van der Waals surface area contributed by atoms with Gasteiger partial charge < -0.3 is 53.2 Å². The van der Waals surface area contributed by atoms with Crippen molar-refractivity contribution in [2.24, 2.45) is 5.73 Å². The fourth-order valence-corrected chi connectivity index (χ4v) is 4.58. The molecule has 0 heterocycles.